The van der Waals surface area contributed by atoms with Gasteiger partial charge in [-0.2, -0.15) is 0 Å². The third kappa shape index (κ3) is 29.9. The number of carbonyl (C=O) groups is 2. The van der Waals surface area contributed by atoms with E-state index >= 15 is 0 Å². The normalized spacial score (nSPS) is 11.6. The highest BCUT2D eigenvalue weighted by atomic mass is 16.5. The third-order valence-corrected chi connectivity index (χ3v) is 11.9. The zero-order valence-electron chi connectivity index (χ0n) is 38.6. The van der Waals surface area contributed by atoms with Crippen molar-refractivity contribution in [2.45, 2.75) is 252 Å². The molecule has 0 amide bonds. The van der Waals surface area contributed by atoms with Crippen molar-refractivity contribution in [2.24, 2.45) is 0 Å². The molecule has 1 rings (SSSR count). The summed E-state index contributed by atoms with van der Waals surface area (Å²) in [5.41, 5.74) is 0.300. The van der Waals surface area contributed by atoms with Crippen LogP contribution in [0.4, 0.5) is 5.69 Å². The van der Waals surface area contributed by atoms with E-state index in [1.807, 2.05) is 0 Å². The lowest BCUT2D eigenvalue weighted by Crippen LogP contribution is -2.37. The molecule has 0 atom stereocenters. The molecule has 338 valence electrons. The molecule has 0 fully saturated rings. The van der Waals surface area contributed by atoms with E-state index in [2.05, 4.69) is 31.0 Å². The molecule has 8 nitrogen and oxygen atoms in total. The van der Waals surface area contributed by atoms with Crippen molar-refractivity contribution in [3.8, 4) is 0 Å². The van der Waals surface area contributed by atoms with E-state index in [1.54, 1.807) is 6.92 Å². The monoisotopic (exact) mass is 817 g/mol. The van der Waals surface area contributed by atoms with E-state index < -0.39 is 0 Å². The van der Waals surface area contributed by atoms with Crippen LogP contribution in [0.2, 0.25) is 0 Å². The average Bonchev–Trinajstić information content (AvgIpc) is 3.22. The first kappa shape index (κ1) is 53.8. The van der Waals surface area contributed by atoms with Gasteiger partial charge in [0.15, 0.2) is 0 Å². The first-order valence-electron chi connectivity index (χ1n) is 24.9. The minimum absolute atomic E-state index is 0.000546. The van der Waals surface area contributed by atoms with Gasteiger partial charge in [-0.05, 0) is 90.8 Å². The predicted molar refractivity (Wildman–Crippen MR) is 246 cm³/mol. The molecule has 0 saturated heterocycles. The van der Waals surface area contributed by atoms with Crippen molar-refractivity contribution in [3.63, 3.8) is 0 Å². The standard InChI is InChI=1S/C50H92N2O6/c1-5-8-11-14-17-26-33-43-57-46(53)37-29-22-18-24-31-40-52(42-34-39-51-48-44(4)49(55)50(48)56)41-32-25-19-23-30-38-47(54)58-45(35-27-20-15-12-9-6-2)36-28-21-16-13-10-7-3/h45,51H,5-43H2,1-4H3. The molecular formula is C50H92N2O6. The summed E-state index contributed by atoms with van der Waals surface area (Å²) >= 11 is 0. The van der Waals surface area contributed by atoms with E-state index in [-0.39, 0.29) is 28.9 Å². The summed E-state index contributed by atoms with van der Waals surface area (Å²) in [5.74, 6) is -0.0460. The van der Waals surface area contributed by atoms with Crippen LogP contribution in [-0.2, 0) is 19.1 Å². The zero-order valence-corrected chi connectivity index (χ0v) is 38.6. The summed E-state index contributed by atoms with van der Waals surface area (Å²) < 4.78 is 11.5. The van der Waals surface area contributed by atoms with Gasteiger partial charge in [0, 0.05) is 24.9 Å². The summed E-state index contributed by atoms with van der Waals surface area (Å²) in [6.45, 7) is 12.8. The Kier molecular flexibility index (Phi) is 36.1. The number of nitrogens with zero attached hydrogens (tertiary/aromatic N) is 1. The predicted octanol–water partition coefficient (Wildman–Crippen LogP) is 13.1. The SMILES string of the molecule is CCCCCCCCCOC(=O)CCCCCCCN(CCCCCCCC(=O)OC(CCCCCCCC)CCCCCCCC)CCCNc1c(C)c(=O)c1=O. The van der Waals surface area contributed by atoms with Crippen LogP contribution in [0.5, 0.6) is 0 Å². The number of nitrogens with one attached hydrogen (secondary N) is 1. The second-order valence-electron chi connectivity index (χ2n) is 17.4. The van der Waals surface area contributed by atoms with E-state index in [1.165, 1.54) is 109 Å². The summed E-state index contributed by atoms with van der Waals surface area (Å²) in [6, 6.07) is 0. The van der Waals surface area contributed by atoms with Crippen molar-refractivity contribution in [1.82, 2.24) is 4.90 Å². The van der Waals surface area contributed by atoms with Crippen LogP contribution in [0, 0.1) is 6.92 Å². The summed E-state index contributed by atoms with van der Waals surface area (Å²) in [7, 11) is 0. The van der Waals surface area contributed by atoms with Crippen LogP contribution in [0.3, 0.4) is 0 Å². The Morgan fingerprint density at radius 3 is 1.41 bits per heavy atom. The van der Waals surface area contributed by atoms with Gasteiger partial charge in [0.2, 0.25) is 10.9 Å². The molecule has 0 spiro atoms. The van der Waals surface area contributed by atoms with Gasteiger partial charge >= 0.3 is 11.9 Å². The highest BCUT2D eigenvalue weighted by Crippen LogP contribution is 2.19. The second-order valence-corrected chi connectivity index (χ2v) is 17.4. The van der Waals surface area contributed by atoms with Crippen LogP contribution in [0.25, 0.3) is 0 Å². The van der Waals surface area contributed by atoms with E-state index in [4.69, 9.17) is 9.47 Å². The number of hydrogen-bond donors (Lipinski definition) is 1. The molecule has 1 aromatic carbocycles. The maximum Gasteiger partial charge on any atom is 0.306 e. The molecule has 1 aromatic rings. The molecule has 0 aliphatic heterocycles. The van der Waals surface area contributed by atoms with Crippen LogP contribution >= 0.6 is 0 Å². The zero-order chi connectivity index (χ0) is 42.3. The largest absolute Gasteiger partial charge is 0.466 e. The van der Waals surface area contributed by atoms with Gasteiger partial charge in [0.05, 0.1) is 12.3 Å². The molecule has 8 heteroatoms. The smallest absolute Gasteiger partial charge is 0.306 e. The van der Waals surface area contributed by atoms with Crippen LogP contribution in [-0.4, -0.2) is 55.7 Å². The van der Waals surface area contributed by atoms with Crippen molar-refractivity contribution in [3.05, 3.63) is 26.0 Å². The third-order valence-electron chi connectivity index (χ3n) is 11.9. The van der Waals surface area contributed by atoms with Gasteiger partial charge < -0.3 is 19.7 Å². The molecule has 0 radical (unpaired) electrons. The Bertz CT molecular complexity index is 1160. The number of ether oxygens (including phenoxy) is 2. The minimum Gasteiger partial charge on any atom is -0.466 e. The maximum absolute atomic E-state index is 12.8. The van der Waals surface area contributed by atoms with Gasteiger partial charge in [0.25, 0.3) is 0 Å². The fourth-order valence-electron chi connectivity index (χ4n) is 7.97. The van der Waals surface area contributed by atoms with Crippen LogP contribution in [0.1, 0.15) is 245 Å². The van der Waals surface area contributed by atoms with Crippen molar-refractivity contribution >= 4 is 17.6 Å². The van der Waals surface area contributed by atoms with E-state index in [0.717, 1.165) is 116 Å². The Morgan fingerprint density at radius 1 is 0.500 bits per heavy atom. The molecule has 0 bridgehead atoms. The average molecular weight is 817 g/mol. The number of carbonyl (C=O) groups excluding carboxylic acids is 2. The molecule has 0 aliphatic rings. The minimum atomic E-state index is -0.384. The molecule has 0 heterocycles. The number of esters is 2. The topological polar surface area (TPSA) is 102 Å². The quantitative estimate of drug-likeness (QED) is 0.0395. The lowest BCUT2D eigenvalue weighted by Gasteiger charge is -2.23. The maximum atomic E-state index is 12.8. The summed E-state index contributed by atoms with van der Waals surface area (Å²) in [6.07, 6.45) is 38.7. The van der Waals surface area contributed by atoms with E-state index in [9.17, 15) is 19.2 Å². The second kappa shape index (κ2) is 38.9. The highest BCUT2D eigenvalue weighted by Gasteiger charge is 2.16. The summed E-state index contributed by atoms with van der Waals surface area (Å²) in [5, 5.41) is 3.19. The van der Waals surface area contributed by atoms with Gasteiger partial charge in [0.1, 0.15) is 6.10 Å². The fourth-order valence-corrected chi connectivity index (χ4v) is 7.97. The Hall–Kier alpha value is -2.22. The first-order chi connectivity index (χ1) is 28.3. The first-order valence-corrected chi connectivity index (χ1v) is 24.9. The molecule has 0 aliphatic carbocycles. The molecule has 1 N–H and O–H groups in total. The van der Waals surface area contributed by atoms with E-state index in [0.29, 0.717) is 37.2 Å². The van der Waals surface area contributed by atoms with Gasteiger partial charge in [-0.25, -0.2) is 0 Å². The Balaban J connectivity index is 2.33. The molecule has 0 unspecified atom stereocenters. The Morgan fingerprint density at radius 2 is 0.914 bits per heavy atom. The fraction of sp³-hybridized carbons (Fsp3) is 0.880. The van der Waals surface area contributed by atoms with Gasteiger partial charge in [-0.1, -0.05) is 162 Å². The molecular weight excluding hydrogens is 725 g/mol. The highest BCUT2D eigenvalue weighted by molar-refractivity contribution is 5.69. The lowest BCUT2D eigenvalue weighted by molar-refractivity contribution is -0.150. The number of anilines is 1. The molecule has 0 saturated carbocycles. The number of rotatable bonds is 44. The van der Waals surface area contributed by atoms with Gasteiger partial charge in [-0.3, -0.25) is 19.2 Å². The number of hydrogen-bond acceptors (Lipinski definition) is 8. The van der Waals surface area contributed by atoms with Crippen molar-refractivity contribution in [1.29, 1.82) is 0 Å². The lowest BCUT2D eigenvalue weighted by atomic mass is 10.0. The Labute approximate surface area is 356 Å². The summed E-state index contributed by atoms with van der Waals surface area (Å²) in [4.78, 5) is 50.9. The van der Waals surface area contributed by atoms with Crippen molar-refractivity contribution < 1.29 is 19.1 Å². The van der Waals surface area contributed by atoms with Gasteiger partial charge in [-0.15, -0.1) is 0 Å². The molecule has 58 heavy (non-hydrogen) atoms. The van der Waals surface area contributed by atoms with Crippen molar-refractivity contribution in [2.75, 3.05) is 38.1 Å². The molecule has 0 aromatic heterocycles. The van der Waals surface area contributed by atoms with Crippen LogP contribution < -0.4 is 16.2 Å². The number of unbranched alkanes of at least 4 members (excludes halogenated alkanes) is 24. The van der Waals surface area contributed by atoms with Crippen LogP contribution in [0.15, 0.2) is 9.59 Å².